The summed E-state index contributed by atoms with van der Waals surface area (Å²) < 4.78 is 5.00. The third-order valence-electron chi connectivity index (χ3n) is 4.01. The molecule has 4 nitrogen and oxygen atoms in total. The molecule has 3 rings (SSSR count). The second kappa shape index (κ2) is 7.93. The zero-order valence-corrected chi connectivity index (χ0v) is 14.1. The summed E-state index contributed by atoms with van der Waals surface area (Å²) in [5, 5.41) is 6.82. The van der Waals surface area contributed by atoms with Gasteiger partial charge >= 0.3 is 5.97 Å². The Kier molecular flexibility index (Phi) is 5.43. The van der Waals surface area contributed by atoms with Crippen molar-refractivity contribution in [3.8, 4) is 0 Å². The van der Waals surface area contributed by atoms with Gasteiger partial charge in [-0.15, -0.1) is 0 Å². The summed E-state index contributed by atoms with van der Waals surface area (Å²) >= 11 is 1.56. The van der Waals surface area contributed by atoms with E-state index < -0.39 is 5.97 Å². The molecule has 1 aliphatic rings. The van der Waals surface area contributed by atoms with Crippen LogP contribution in [-0.2, 0) is 20.7 Å². The molecule has 1 amide bonds. The Labute approximate surface area is 145 Å². The number of thiophene rings is 1. The van der Waals surface area contributed by atoms with Crippen molar-refractivity contribution in [2.75, 3.05) is 6.61 Å². The third kappa shape index (κ3) is 4.32. The second-order valence-electron chi connectivity index (χ2n) is 5.71. The van der Waals surface area contributed by atoms with Crippen molar-refractivity contribution in [1.29, 1.82) is 0 Å². The van der Waals surface area contributed by atoms with Crippen LogP contribution in [0.5, 0.6) is 0 Å². The first kappa shape index (κ1) is 16.5. The quantitative estimate of drug-likeness (QED) is 0.669. The van der Waals surface area contributed by atoms with Gasteiger partial charge in [-0.3, -0.25) is 4.79 Å². The van der Waals surface area contributed by atoms with Crippen LogP contribution in [0.4, 0.5) is 0 Å². The molecule has 1 atom stereocenters. The van der Waals surface area contributed by atoms with Gasteiger partial charge in [0.1, 0.15) is 0 Å². The highest BCUT2D eigenvalue weighted by Gasteiger charge is 2.21. The van der Waals surface area contributed by atoms with Gasteiger partial charge in [-0.25, -0.2) is 4.79 Å². The van der Waals surface area contributed by atoms with Crippen LogP contribution in [0.15, 0.2) is 47.2 Å². The van der Waals surface area contributed by atoms with Crippen LogP contribution >= 0.6 is 11.3 Å². The van der Waals surface area contributed by atoms with Crippen LogP contribution in [0, 0.1) is 0 Å². The molecule has 0 saturated heterocycles. The third-order valence-corrected chi connectivity index (χ3v) is 4.71. The summed E-state index contributed by atoms with van der Waals surface area (Å²) in [6.07, 6.45) is 6.02. The fourth-order valence-electron chi connectivity index (χ4n) is 2.86. The molecule has 5 heteroatoms. The van der Waals surface area contributed by atoms with Crippen LogP contribution in [0.1, 0.15) is 35.6 Å². The Morgan fingerprint density at radius 2 is 2.17 bits per heavy atom. The van der Waals surface area contributed by atoms with Gasteiger partial charge in [0.05, 0.1) is 6.04 Å². The molecule has 24 heavy (non-hydrogen) atoms. The van der Waals surface area contributed by atoms with Crippen molar-refractivity contribution in [2.24, 2.45) is 0 Å². The van der Waals surface area contributed by atoms with E-state index in [2.05, 4.69) is 17.4 Å². The molecule has 0 spiro atoms. The number of amides is 1. The maximum absolute atomic E-state index is 12.0. The number of carbonyl (C=O) groups is 2. The first-order valence-electron chi connectivity index (χ1n) is 7.96. The number of fused-ring (bicyclic) bond motifs is 1. The molecule has 1 aliphatic carbocycles. The van der Waals surface area contributed by atoms with E-state index >= 15 is 0 Å². The molecule has 0 bridgehead atoms. The number of hydrogen-bond acceptors (Lipinski definition) is 4. The van der Waals surface area contributed by atoms with Gasteiger partial charge in [0.2, 0.25) is 0 Å². The summed E-state index contributed by atoms with van der Waals surface area (Å²) in [4.78, 5) is 23.7. The van der Waals surface area contributed by atoms with E-state index in [9.17, 15) is 9.59 Å². The van der Waals surface area contributed by atoms with Crippen molar-refractivity contribution in [1.82, 2.24) is 5.32 Å². The van der Waals surface area contributed by atoms with Gasteiger partial charge in [0, 0.05) is 6.08 Å². The number of hydrogen-bond donors (Lipinski definition) is 1. The number of rotatable bonds is 5. The molecule has 1 N–H and O–H groups in total. The van der Waals surface area contributed by atoms with E-state index in [-0.39, 0.29) is 18.6 Å². The van der Waals surface area contributed by atoms with Gasteiger partial charge < -0.3 is 10.1 Å². The summed E-state index contributed by atoms with van der Waals surface area (Å²) in [6, 6.07) is 10.1. The summed E-state index contributed by atoms with van der Waals surface area (Å²) in [6.45, 7) is -0.258. The monoisotopic (exact) mass is 341 g/mol. The molecule has 0 unspecified atom stereocenters. The zero-order valence-electron chi connectivity index (χ0n) is 13.2. The SMILES string of the molecule is O=C(COC(=O)/C=C/c1ccsc1)N[C@H]1CCCc2ccccc21. The predicted molar refractivity (Wildman–Crippen MR) is 94.6 cm³/mol. The minimum absolute atomic E-state index is 0.00232. The average Bonchev–Trinajstić information content (AvgIpc) is 3.12. The van der Waals surface area contributed by atoms with Gasteiger partial charge in [-0.05, 0) is 58.9 Å². The lowest BCUT2D eigenvalue weighted by Gasteiger charge is -2.26. The van der Waals surface area contributed by atoms with Crippen molar-refractivity contribution in [2.45, 2.75) is 25.3 Å². The molecular formula is C19H19NO3S. The minimum Gasteiger partial charge on any atom is -0.452 e. The molecular weight excluding hydrogens is 322 g/mol. The van der Waals surface area contributed by atoms with Crippen LogP contribution in [0.25, 0.3) is 6.08 Å². The van der Waals surface area contributed by atoms with E-state index in [1.807, 2.05) is 29.0 Å². The number of ether oxygens (including phenoxy) is 1. The lowest BCUT2D eigenvalue weighted by Crippen LogP contribution is -2.34. The molecule has 124 valence electrons. The minimum atomic E-state index is -0.514. The van der Waals surface area contributed by atoms with Gasteiger partial charge in [0.25, 0.3) is 5.91 Å². The summed E-state index contributed by atoms with van der Waals surface area (Å²) in [5.74, 6) is -0.783. The standard InChI is InChI=1S/C19H19NO3S/c21-18(12-23-19(22)9-8-14-10-11-24-13-14)20-17-7-3-5-15-4-1-2-6-16(15)17/h1-2,4,6,8-11,13,17H,3,5,7,12H2,(H,20,21)/b9-8+/t17-/m0/s1. The lowest BCUT2D eigenvalue weighted by molar-refractivity contribution is -0.144. The maximum Gasteiger partial charge on any atom is 0.331 e. The molecule has 0 radical (unpaired) electrons. The van der Waals surface area contributed by atoms with E-state index in [0.717, 1.165) is 24.8 Å². The Morgan fingerprint density at radius 1 is 1.29 bits per heavy atom. The van der Waals surface area contributed by atoms with Crippen LogP contribution in [0.3, 0.4) is 0 Å². The van der Waals surface area contributed by atoms with Crippen LogP contribution in [-0.4, -0.2) is 18.5 Å². The average molecular weight is 341 g/mol. The highest BCUT2D eigenvalue weighted by Crippen LogP contribution is 2.29. The largest absolute Gasteiger partial charge is 0.452 e. The number of benzene rings is 1. The normalized spacial score (nSPS) is 16.6. The smallest absolute Gasteiger partial charge is 0.331 e. The van der Waals surface area contributed by atoms with Gasteiger partial charge in [0.15, 0.2) is 6.61 Å². The second-order valence-corrected chi connectivity index (χ2v) is 6.49. The number of esters is 1. The number of nitrogens with one attached hydrogen (secondary N) is 1. The molecule has 1 heterocycles. The highest BCUT2D eigenvalue weighted by molar-refractivity contribution is 7.08. The van der Waals surface area contributed by atoms with Crippen molar-refractivity contribution in [3.05, 3.63) is 63.9 Å². The van der Waals surface area contributed by atoms with Crippen LogP contribution in [0.2, 0.25) is 0 Å². The first-order valence-corrected chi connectivity index (χ1v) is 8.91. The van der Waals surface area contributed by atoms with E-state index in [1.54, 1.807) is 17.4 Å². The molecule has 1 aromatic heterocycles. The highest BCUT2D eigenvalue weighted by atomic mass is 32.1. The molecule has 1 aromatic carbocycles. The van der Waals surface area contributed by atoms with E-state index in [1.165, 1.54) is 17.2 Å². The fourth-order valence-corrected chi connectivity index (χ4v) is 3.49. The Hall–Kier alpha value is -2.40. The van der Waals surface area contributed by atoms with Crippen LogP contribution < -0.4 is 5.32 Å². The number of carbonyl (C=O) groups excluding carboxylic acids is 2. The van der Waals surface area contributed by atoms with E-state index in [4.69, 9.17) is 4.74 Å². The molecule has 0 fully saturated rings. The summed E-state index contributed by atoms with van der Waals surface area (Å²) in [5.41, 5.74) is 3.39. The molecule has 2 aromatic rings. The maximum atomic E-state index is 12.0. The molecule has 0 aliphatic heterocycles. The first-order chi connectivity index (χ1) is 11.7. The van der Waals surface area contributed by atoms with Gasteiger partial charge in [-0.1, -0.05) is 24.3 Å². The summed E-state index contributed by atoms with van der Waals surface area (Å²) in [7, 11) is 0. The fraction of sp³-hybridized carbons (Fsp3) is 0.263. The van der Waals surface area contributed by atoms with Crippen molar-refractivity contribution < 1.29 is 14.3 Å². The molecule has 0 saturated carbocycles. The Morgan fingerprint density at radius 3 is 3.00 bits per heavy atom. The topological polar surface area (TPSA) is 55.4 Å². The van der Waals surface area contributed by atoms with E-state index in [0.29, 0.717) is 0 Å². The van der Waals surface area contributed by atoms with Crippen molar-refractivity contribution in [3.63, 3.8) is 0 Å². The number of aryl methyl sites for hydroxylation is 1. The Bertz CT molecular complexity index is 737. The van der Waals surface area contributed by atoms with Gasteiger partial charge in [-0.2, -0.15) is 11.3 Å². The lowest BCUT2D eigenvalue weighted by atomic mass is 9.88. The zero-order chi connectivity index (χ0) is 16.8. The Balaban J connectivity index is 1.49. The van der Waals surface area contributed by atoms with Crippen molar-refractivity contribution >= 4 is 29.3 Å². The predicted octanol–water partition coefficient (Wildman–Crippen LogP) is 3.50.